The fourth-order valence-electron chi connectivity index (χ4n) is 23.8. The van der Waals surface area contributed by atoms with Gasteiger partial charge in [0, 0.05) is 111 Å². The summed E-state index contributed by atoms with van der Waals surface area (Å²) in [4.78, 5) is 5.38. The predicted molar refractivity (Wildman–Crippen MR) is 623 cm³/mol. The lowest BCUT2D eigenvalue weighted by Gasteiger charge is -2.28. The molecule has 0 aliphatic carbocycles. The zero-order valence-corrected chi connectivity index (χ0v) is 81.4. The van der Waals surface area contributed by atoms with E-state index in [2.05, 4.69) is 318 Å². The summed E-state index contributed by atoms with van der Waals surface area (Å²) in [6, 6.07) is 163. The minimum Gasteiger partial charge on any atom is -0.311 e. The SMILES string of the molecule is Cc1cc(N(c2ccccc2)c2ccccc2)c(C)cc1-c1ccc2ccc3cc4c5ccccc5n(-c5ccccc5)c4c4ccc1c2c34.Fc1c(F)c(N(c2ccccc2)c2ccccc2)c(F)c(F)c1-c1ccc2ccc3cc4c5ccccc5n(-c5ccccc5)c4c4ccc1c2c34.[2H]c1c([2H])c(N(c2ccccc2)c2ccccc2)c([2H])c([2H])c1-c1ccc2ccc3cc4c5ccccc5n(-c5ccccc5)c4c4ccc1c2c34. The first-order valence-electron chi connectivity index (χ1n) is 52.5. The fourth-order valence-corrected chi connectivity index (χ4v) is 23.8. The maximum atomic E-state index is 16.6. The summed E-state index contributed by atoms with van der Waals surface area (Å²) in [6.45, 7) is 4.50. The standard InChI is InChI=1S/C48H34N2.C46H26F4N2.C46H30N2/c1-31-29-45(49(35-14-6-3-7-15-35)36-16-8-4-9-17-36)32(2)28-42(31)38-25-24-33-22-23-34-30-43-39-20-12-13-21-44(39)50(37-18-10-5-11-19-37)48(43)41-27-26-40(38)46(33)47(34)41;47-41-40(42(48)44(50)46(43(41)49)51(29-12-4-1-5-13-29)30-14-6-2-7-15-30)34-23-22-27-20-21-28-26-36-32-18-10-11-19-37(32)52(31-16-8-3-9-17-31)45(36)35-25-24-33(34)38(27)39(28)35;1-4-12-34(13-5-1)47(35-14-6-2-7-15-35)37-25-22-31(23-26-37)38-27-24-32-20-21-33-30-42-39-18-10-11-19-43(39)48(36-16-8-3-9-17-36)46(42)41-29-28-40(38)44(32)45(33)41/h3-30H,1-2H3;1-26H;1-30H/i;;22D,23D,25D,26D. The van der Waals surface area contributed by atoms with E-state index in [0.29, 0.717) is 27.9 Å². The number of para-hydroxylation sites is 12. The van der Waals surface area contributed by atoms with Gasteiger partial charge in [-0.15, -0.1) is 0 Å². The van der Waals surface area contributed by atoms with Gasteiger partial charge < -0.3 is 28.4 Å². The van der Waals surface area contributed by atoms with Crippen LogP contribution in [0.1, 0.15) is 16.6 Å². The second kappa shape index (κ2) is 35.8. The number of anilines is 9. The molecular weight excluding hydrogens is 1840 g/mol. The Labute approximate surface area is 867 Å². The predicted octanol–water partition coefficient (Wildman–Crippen LogP) is 39.6. The molecule has 0 saturated carbocycles. The normalized spacial score (nSPS) is 12.2. The van der Waals surface area contributed by atoms with Gasteiger partial charge in [-0.2, -0.15) is 0 Å². The van der Waals surface area contributed by atoms with Crippen molar-refractivity contribution in [1.29, 1.82) is 0 Å². The van der Waals surface area contributed by atoms with Gasteiger partial charge in [0.1, 0.15) is 5.69 Å². The van der Waals surface area contributed by atoms with E-state index in [1.807, 2.05) is 132 Å². The average molecular weight is 1940 g/mol. The zero-order chi connectivity index (χ0) is 104. The molecule has 0 spiro atoms. The molecule has 6 nitrogen and oxygen atoms in total. The first kappa shape index (κ1) is 84.0. The third-order valence-corrected chi connectivity index (χ3v) is 30.3. The molecule has 0 bridgehead atoms. The molecule has 30 rings (SSSR count). The minimum absolute atomic E-state index is 0.0657. The van der Waals surface area contributed by atoms with Crippen molar-refractivity contribution >= 4 is 214 Å². The van der Waals surface area contributed by atoms with Crippen LogP contribution in [-0.4, -0.2) is 13.7 Å². The van der Waals surface area contributed by atoms with Crippen molar-refractivity contribution in [2.45, 2.75) is 13.8 Å². The highest BCUT2D eigenvalue weighted by Gasteiger charge is 2.34. The van der Waals surface area contributed by atoms with Crippen LogP contribution in [0.4, 0.5) is 68.7 Å². The molecule has 0 saturated heterocycles. The quantitative estimate of drug-likeness (QED) is 0.0581. The van der Waals surface area contributed by atoms with E-state index in [1.165, 1.54) is 103 Å². The van der Waals surface area contributed by atoms with E-state index in [9.17, 15) is 5.48 Å². The Balaban J connectivity index is 0.000000110. The van der Waals surface area contributed by atoms with Crippen molar-refractivity contribution in [2.24, 2.45) is 0 Å². The number of hydrogen-bond acceptors (Lipinski definition) is 3. The van der Waals surface area contributed by atoms with Gasteiger partial charge in [0.25, 0.3) is 0 Å². The van der Waals surface area contributed by atoms with Crippen molar-refractivity contribution in [3.05, 3.63) is 544 Å². The largest absolute Gasteiger partial charge is 0.311 e. The molecule has 3 heterocycles. The number of hydrogen-bond donors (Lipinski definition) is 0. The Morgan fingerprint density at radius 1 is 0.200 bits per heavy atom. The summed E-state index contributed by atoms with van der Waals surface area (Å²) in [6.07, 6.45) is 0. The number of rotatable bonds is 15. The number of benzene rings is 27. The van der Waals surface area contributed by atoms with E-state index in [-0.39, 0.29) is 35.4 Å². The molecule has 0 fully saturated rings. The lowest BCUT2D eigenvalue weighted by atomic mass is 9.87. The van der Waals surface area contributed by atoms with E-state index in [0.717, 1.165) is 126 Å². The molecule has 10 heteroatoms. The van der Waals surface area contributed by atoms with Crippen molar-refractivity contribution in [3.8, 4) is 50.4 Å². The molecule has 150 heavy (non-hydrogen) atoms. The van der Waals surface area contributed by atoms with Gasteiger partial charge in [-0.05, 0) is 303 Å². The summed E-state index contributed by atoms with van der Waals surface area (Å²) >= 11 is 0. The van der Waals surface area contributed by atoms with E-state index in [1.54, 1.807) is 72.8 Å². The molecular formula is C140H90F4N6. The molecule has 0 radical (unpaired) electrons. The molecule has 0 atom stereocenters. The average Bonchev–Trinajstić information content (AvgIpc) is 1.55. The molecule has 0 aliphatic rings. The van der Waals surface area contributed by atoms with Crippen LogP contribution < -0.4 is 14.7 Å². The molecule has 0 N–H and O–H groups in total. The molecule has 3 aromatic heterocycles. The highest BCUT2D eigenvalue weighted by molar-refractivity contribution is 6.37. The smallest absolute Gasteiger partial charge is 0.186 e. The van der Waals surface area contributed by atoms with Crippen molar-refractivity contribution in [1.82, 2.24) is 13.7 Å². The highest BCUT2D eigenvalue weighted by Crippen LogP contribution is 2.54. The Hall–Kier alpha value is -19.4. The number of aromatic nitrogens is 3. The minimum atomic E-state index is -1.48. The third-order valence-electron chi connectivity index (χ3n) is 30.3. The van der Waals surface area contributed by atoms with Crippen LogP contribution in [0.3, 0.4) is 0 Å². The molecule has 30 aromatic rings. The van der Waals surface area contributed by atoms with Crippen LogP contribution in [0.5, 0.6) is 0 Å². The van der Waals surface area contributed by atoms with Crippen LogP contribution in [0, 0.1) is 37.1 Å². The Morgan fingerprint density at radius 2 is 0.480 bits per heavy atom. The Morgan fingerprint density at radius 3 is 0.847 bits per heavy atom. The maximum absolute atomic E-state index is 16.6. The number of fused-ring (bicyclic) bond motifs is 12. The Bertz CT molecular complexity index is 10200. The Kier molecular flexibility index (Phi) is 20.1. The maximum Gasteiger partial charge on any atom is 0.186 e. The molecule has 0 amide bonds. The summed E-state index contributed by atoms with van der Waals surface area (Å²) in [5.41, 5.74) is 20.5. The van der Waals surface area contributed by atoms with Crippen molar-refractivity contribution in [3.63, 3.8) is 0 Å². The van der Waals surface area contributed by atoms with Crippen LogP contribution in [0.2, 0.25) is 0 Å². The summed E-state index contributed by atoms with van der Waals surface area (Å²) in [7, 11) is 0. The van der Waals surface area contributed by atoms with Gasteiger partial charge in [-0.1, -0.05) is 340 Å². The van der Waals surface area contributed by atoms with Crippen LogP contribution in [0.25, 0.3) is 213 Å². The molecule has 0 aliphatic heterocycles. The third kappa shape index (κ3) is 14.2. The van der Waals surface area contributed by atoms with E-state index < -0.39 is 34.5 Å². The summed E-state index contributed by atoms with van der Waals surface area (Å²) in [5, 5.41) is 26.2. The van der Waals surface area contributed by atoms with E-state index >= 15 is 17.6 Å². The van der Waals surface area contributed by atoms with Gasteiger partial charge in [-0.25, -0.2) is 17.6 Å². The topological polar surface area (TPSA) is 24.5 Å². The van der Waals surface area contributed by atoms with Gasteiger partial charge >= 0.3 is 0 Å². The first-order valence-corrected chi connectivity index (χ1v) is 50.5. The fraction of sp³-hybridized carbons (Fsp3) is 0.0143. The van der Waals surface area contributed by atoms with Crippen molar-refractivity contribution < 1.29 is 23.0 Å². The van der Waals surface area contributed by atoms with Gasteiger partial charge in [0.15, 0.2) is 23.3 Å². The van der Waals surface area contributed by atoms with Crippen LogP contribution in [-0.2, 0) is 0 Å². The zero-order valence-electron chi connectivity index (χ0n) is 85.4. The van der Waals surface area contributed by atoms with Crippen LogP contribution >= 0.6 is 0 Å². The number of halogens is 4. The van der Waals surface area contributed by atoms with Gasteiger partial charge in [0.2, 0.25) is 0 Å². The number of aryl methyl sites for hydroxylation is 2. The van der Waals surface area contributed by atoms with Gasteiger partial charge in [-0.3, -0.25) is 0 Å². The van der Waals surface area contributed by atoms with E-state index in [4.69, 9.17) is 0 Å². The lowest BCUT2D eigenvalue weighted by Crippen LogP contribution is -2.16. The number of nitrogens with zero attached hydrogens (tertiary/aromatic N) is 6. The first-order chi connectivity index (χ1) is 75.7. The van der Waals surface area contributed by atoms with Crippen molar-refractivity contribution in [2.75, 3.05) is 14.7 Å². The molecule has 0 unspecified atom stereocenters. The lowest BCUT2D eigenvalue weighted by molar-refractivity contribution is 0.461. The summed E-state index contributed by atoms with van der Waals surface area (Å²) in [5.74, 6) is -5.90. The van der Waals surface area contributed by atoms with Crippen LogP contribution in [0.15, 0.2) is 509 Å². The second-order valence-corrected chi connectivity index (χ2v) is 38.7. The second-order valence-electron chi connectivity index (χ2n) is 38.7. The summed E-state index contributed by atoms with van der Waals surface area (Å²) < 4.78 is 111. The van der Waals surface area contributed by atoms with Gasteiger partial charge in [0.05, 0.1) is 44.1 Å². The highest BCUT2D eigenvalue weighted by atomic mass is 19.2. The molecule has 27 aromatic carbocycles. The molecule has 708 valence electrons. The monoisotopic (exact) mass is 1930 g/mol.